The van der Waals surface area contributed by atoms with Crippen LogP contribution >= 0.6 is 0 Å². The zero-order chi connectivity index (χ0) is 12.0. The van der Waals surface area contributed by atoms with Crippen molar-refractivity contribution in [3.8, 4) is 0 Å². The van der Waals surface area contributed by atoms with Gasteiger partial charge in [-0.3, -0.25) is 0 Å². The van der Waals surface area contributed by atoms with Gasteiger partial charge in [0.15, 0.2) is 0 Å². The topological polar surface area (TPSA) is 62.2 Å². The van der Waals surface area contributed by atoms with E-state index in [1.807, 2.05) is 6.92 Å². The first-order valence-corrected chi connectivity index (χ1v) is 5.60. The fraction of sp³-hybridized carbons (Fsp3) is 0.500. The van der Waals surface area contributed by atoms with Gasteiger partial charge < -0.3 is 10.4 Å². The van der Waals surface area contributed by atoms with Crippen LogP contribution in [0.25, 0.3) is 0 Å². The summed E-state index contributed by atoms with van der Waals surface area (Å²) in [5.74, 6) is -0.489. The van der Waals surface area contributed by atoms with Crippen molar-refractivity contribution in [3.63, 3.8) is 0 Å². The van der Waals surface area contributed by atoms with Gasteiger partial charge in [-0.1, -0.05) is 19.8 Å². The first-order valence-electron chi connectivity index (χ1n) is 5.60. The van der Waals surface area contributed by atoms with Gasteiger partial charge in [0, 0.05) is 12.2 Å². The Kier molecular flexibility index (Phi) is 4.76. The Bertz CT molecular complexity index is 353. The van der Waals surface area contributed by atoms with Crippen molar-refractivity contribution in [1.29, 1.82) is 0 Å². The Hall–Kier alpha value is -1.58. The monoisotopic (exact) mass is 222 g/mol. The molecular formula is C12H18N2O2. The van der Waals surface area contributed by atoms with Gasteiger partial charge in [0.2, 0.25) is 0 Å². The van der Waals surface area contributed by atoms with E-state index >= 15 is 0 Å². The number of carboxylic acids is 1. The standard InChI is InChI=1S/C12H18N2O2/c1-3-4-6-9(2)14-11-10(12(15)16)7-5-8-13-11/h5,7-9H,3-4,6H2,1-2H3,(H,13,14)(H,15,16). The molecule has 0 bridgehead atoms. The van der Waals surface area contributed by atoms with Crippen molar-refractivity contribution in [1.82, 2.24) is 4.98 Å². The number of nitrogens with zero attached hydrogens (tertiary/aromatic N) is 1. The number of unbranched alkanes of at least 4 members (excludes halogenated alkanes) is 1. The molecule has 1 aromatic heterocycles. The SMILES string of the molecule is CCCCC(C)Nc1ncccc1C(=O)O. The summed E-state index contributed by atoms with van der Waals surface area (Å²) < 4.78 is 0. The molecule has 0 aromatic carbocycles. The Morgan fingerprint density at radius 1 is 1.62 bits per heavy atom. The first kappa shape index (κ1) is 12.5. The van der Waals surface area contributed by atoms with Gasteiger partial charge in [0.1, 0.15) is 11.4 Å². The average Bonchev–Trinajstić information content (AvgIpc) is 2.27. The second-order valence-electron chi connectivity index (χ2n) is 3.89. The fourth-order valence-corrected chi connectivity index (χ4v) is 1.51. The van der Waals surface area contributed by atoms with Crippen LogP contribution in [0.2, 0.25) is 0 Å². The van der Waals surface area contributed by atoms with Crippen LogP contribution in [0, 0.1) is 0 Å². The van der Waals surface area contributed by atoms with Gasteiger partial charge in [0.05, 0.1) is 0 Å². The molecule has 0 saturated heterocycles. The highest BCUT2D eigenvalue weighted by Gasteiger charge is 2.12. The number of aromatic nitrogens is 1. The molecule has 0 aliphatic rings. The number of carbonyl (C=O) groups is 1. The molecule has 2 N–H and O–H groups in total. The Labute approximate surface area is 95.7 Å². The molecule has 0 fully saturated rings. The number of hydrogen-bond acceptors (Lipinski definition) is 3. The third-order valence-electron chi connectivity index (χ3n) is 2.41. The van der Waals surface area contributed by atoms with Crippen LogP contribution in [0.3, 0.4) is 0 Å². The lowest BCUT2D eigenvalue weighted by atomic mass is 10.1. The molecular weight excluding hydrogens is 204 g/mol. The summed E-state index contributed by atoms with van der Waals surface area (Å²) in [6.45, 7) is 4.17. The van der Waals surface area contributed by atoms with Crippen LogP contribution in [-0.2, 0) is 0 Å². The summed E-state index contributed by atoms with van der Waals surface area (Å²) in [6, 6.07) is 3.43. The number of nitrogens with one attached hydrogen (secondary N) is 1. The molecule has 1 aromatic rings. The molecule has 88 valence electrons. The summed E-state index contributed by atoms with van der Waals surface area (Å²) in [5, 5.41) is 12.1. The van der Waals surface area contributed by atoms with Crippen molar-refractivity contribution in [3.05, 3.63) is 23.9 Å². The first-order chi connectivity index (χ1) is 7.65. The number of rotatable bonds is 6. The predicted octanol–water partition coefficient (Wildman–Crippen LogP) is 2.77. The second kappa shape index (κ2) is 6.10. The molecule has 4 nitrogen and oxygen atoms in total. The fourth-order valence-electron chi connectivity index (χ4n) is 1.51. The lowest BCUT2D eigenvalue weighted by Crippen LogP contribution is -2.18. The maximum atomic E-state index is 10.9. The molecule has 0 aliphatic heterocycles. The van der Waals surface area contributed by atoms with Gasteiger partial charge in [-0.15, -0.1) is 0 Å². The minimum absolute atomic E-state index is 0.228. The smallest absolute Gasteiger partial charge is 0.339 e. The van der Waals surface area contributed by atoms with E-state index in [1.54, 1.807) is 18.3 Å². The van der Waals surface area contributed by atoms with Gasteiger partial charge >= 0.3 is 5.97 Å². The van der Waals surface area contributed by atoms with Gasteiger partial charge in [-0.05, 0) is 25.5 Å². The van der Waals surface area contributed by atoms with Crippen molar-refractivity contribution in [2.75, 3.05) is 5.32 Å². The molecule has 0 amide bonds. The minimum Gasteiger partial charge on any atom is -0.478 e. The third-order valence-corrected chi connectivity index (χ3v) is 2.41. The van der Waals surface area contributed by atoms with Crippen LogP contribution in [0.4, 0.5) is 5.82 Å². The molecule has 0 spiro atoms. The minimum atomic E-state index is -0.946. The highest BCUT2D eigenvalue weighted by atomic mass is 16.4. The van der Waals surface area contributed by atoms with E-state index in [1.165, 1.54) is 0 Å². The van der Waals surface area contributed by atoms with E-state index in [4.69, 9.17) is 5.11 Å². The van der Waals surface area contributed by atoms with Crippen LogP contribution in [0.15, 0.2) is 18.3 Å². The van der Waals surface area contributed by atoms with E-state index in [9.17, 15) is 4.79 Å². The van der Waals surface area contributed by atoms with Crippen LogP contribution < -0.4 is 5.32 Å². The predicted molar refractivity (Wildman–Crippen MR) is 63.8 cm³/mol. The van der Waals surface area contributed by atoms with Gasteiger partial charge in [0.25, 0.3) is 0 Å². The van der Waals surface area contributed by atoms with Gasteiger partial charge in [-0.2, -0.15) is 0 Å². The third kappa shape index (κ3) is 3.53. The molecule has 0 radical (unpaired) electrons. The molecule has 16 heavy (non-hydrogen) atoms. The maximum absolute atomic E-state index is 10.9. The average molecular weight is 222 g/mol. The van der Waals surface area contributed by atoms with Crippen LogP contribution in [-0.4, -0.2) is 22.1 Å². The number of hydrogen-bond donors (Lipinski definition) is 2. The van der Waals surface area contributed by atoms with Gasteiger partial charge in [-0.25, -0.2) is 9.78 Å². The largest absolute Gasteiger partial charge is 0.478 e. The molecule has 1 rings (SSSR count). The Morgan fingerprint density at radius 3 is 3.00 bits per heavy atom. The highest BCUT2D eigenvalue weighted by Crippen LogP contribution is 2.14. The summed E-state index contributed by atoms with van der Waals surface area (Å²) in [4.78, 5) is 15.0. The van der Waals surface area contributed by atoms with E-state index in [0.717, 1.165) is 19.3 Å². The lowest BCUT2D eigenvalue weighted by molar-refractivity contribution is 0.0697. The summed E-state index contributed by atoms with van der Waals surface area (Å²) >= 11 is 0. The van der Waals surface area contributed by atoms with Crippen molar-refractivity contribution < 1.29 is 9.90 Å². The molecule has 0 aliphatic carbocycles. The van der Waals surface area contributed by atoms with E-state index in [2.05, 4.69) is 17.2 Å². The normalized spacial score (nSPS) is 12.1. The van der Waals surface area contributed by atoms with Crippen LogP contribution in [0.1, 0.15) is 43.5 Å². The number of aromatic carboxylic acids is 1. The number of carboxylic acid groups (broad SMARTS) is 1. The molecule has 1 unspecified atom stereocenters. The van der Waals surface area contributed by atoms with Crippen molar-refractivity contribution in [2.45, 2.75) is 39.2 Å². The van der Waals surface area contributed by atoms with Crippen LogP contribution in [0.5, 0.6) is 0 Å². The van der Waals surface area contributed by atoms with E-state index in [-0.39, 0.29) is 11.6 Å². The molecule has 0 saturated carbocycles. The zero-order valence-electron chi connectivity index (χ0n) is 9.73. The summed E-state index contributed by atoms with van der Waals surface area (Å²) in [6.07, 6.45) is 4.89. The lowest BCUT2D eigenvalue weighted by Gasteiger charge is -2.15. The molecule has 1 heterocycles. The second-order valence-corrected chi connectivity index (χ2v) is 3.89. The molecule has 4 heteroatoms. The zero-order valence-corrected chi connectivity index (χ0v) is 9.73. The maximum Gasteiger partial charge on any atom is 0.339 e. The quantitative estimate of drug-likeness (QED) is 0.777. The van der Waals surface area contributed by atoms with Crippen molar-refractivity contribution in [2.24, 2.45) is 0 Å². The summed E-state index contributed by atoms with van der Waals surface area (Å²) in [5.41, 5.74) is 0.228. The molecule has 1 atom stereocenters. The highest BCUT2D eigenvalue weighted by molar-refractivity contribution is 5.93. The van der Waals surface area contributed by atoms with E-state index < -0.39 is 5.97 Å². The van der Waals surface area contributed by atoms with Crippen molar-refractivity contribution >= 4 is 11.8 Å². The Balaban J connectivity index is 2.69. The van der Waals surface area contributed by atoms with E-state index in [0.29, 0.717) is 5.82 Å². The Morgan fingerprint density at radius 2 is 2.38 bits per heavy atom. The number of anilines is 1. The number of pyridine rings is 1. The summed E-state index contributed by atoms with van der Waals surface area (Å²) in [7, 11) is 0.